The fourth-order valence-corrected chi connectivity index (χ4v) is 3.73. The zero-order chi connectivity index (χ0) is 25.5. The molecule has 0 radical (unpaired) electrons. The van der Waals surface area contributed by atoms with Crippen LogP contribution in [0.2, 0.25) is 0 Å². The van der Waals surface area contributed by atoms with Gasteiger partial charge in [0, 0.05) is 23.3 Å². The molecule has 0 N–H and O–H groups in total. The van der Waals surface area contributed by atoms with E-state index >= 15 is 4.39 Å². The van der Waals surface area contributed by atoms with Crippen molar-refractivity contribution < 1.29 is 23.4 Å². The summed E-state index contributed by atoms with van der Waals surface area (Å²) in [5.74, 6) is 0.801. The first kappa shape index (κ1) is 27.4. The minimum atomic E-state index is -0.442. The molecule has 186 valence electrons. The van der Waals surface area contributed by atoms with Gasteiger partial charge in [-0.15, -0.1) is 0 Å². The van der Waals surface area contributed by atoms with Gasteiger partial charge in [0.2, 0.25) is 0 Å². The molecule has 0 atom stereocenters. The van der Waals surface area contributed by atoms with Crippen LogP contribution >= 0.6 is 0 Å². The summed E-state index contributed by atoms with van der Waals surface area (Å²) < 4.78 is 32.5. The molecule has 0 saturated heterocycles. The summed E-state index contributed by atoms with van der Waals surface area (Å²) in [6.07, 6.45) is 8.33. The monoisotopic (exact) mass is 470 g/mol. The number of ether oxygens (including phenoxy) is 3. The van der Waals surface area contributed by atoms with Crippen molar-refractivity contribution >= 4 is 17.1 Å². The summed E-state index contributed by atoms with van der Waals surface area (Å²) in [7, 11) is 0. The van der Waals surface area contributed by atoms with Gasteiger partial charge in [0.15, 0.2) is 0 Å². The Morgan fingerprint density at radius 3 is 2.50 bits per heavy atom. The van der Waals surface area contributed by atoms with Gasteiger partial charge in [0.1, 0.15) is 22.9 Å². The number of rotatable bonds is 10. The molecule has 1 aliphatic rings. The summed E-state index contributed by atoms with van der Waals surface area (Å²) in [6.45, 7) is 16.5. The van der Waals surface area contributed by atoms with E-state index in [1.807, 2.05) is 26.0 Å². The van der Waals surface area contributed by atoms with E-state index in [0.29, 0.717) is 35.7 Å². The number of esters is 1. The third-order valence-corrected chi connectivity index (χ3v) is 5.53. The van der Waals surface area contributed by atoms with Crippen LogP contribution < -0.4 is 9.47 Å². The summed E-state index contributed by atoms with van der Waals surface area (Å²) in [6, 6.07) is 3.87. The van der Waals surface area contributed by atoms with Gasteiger partial charge in [0.25, 0.3) is 0 Å². The third kappa shape index (κ3) is 7.34. The van der Waals surface area contributed by atoms with E-state index in [9.17, 15) is 4.79 Å². The summed E-state index contributed by atoms with van der Waals surface area (Å²) in [5, 5.41) is 0. The molecule has 1 aromatic carbocycles. The fourth-order valence-electron chi connectivity index (χ4n) is 3.73. The molecule has 2 rings (SSSR count). The minimum Gasteiger partial charge on any atom is -0.493 e. The van der Waals surface area contributed by atoms with Crippen molar-refractivity contribution in [2.24, 2.45) is 5.92 Å². The summed E-state index contributed by atoms with van der Waals surface area (Å²) in [4.78, 5) is 11.6. The molecule has 0 spiro atoms. The maximum atomic E-state index is 15.3. The molecule has 0 fully saturated rings. The van der Waals surface area contributed by atoms with Gasteiger partial charge in [-0.1, -0.05) is 33.3 Å². The van der Waals surface area contributed by atoms with E-state index in [0.717, 1.165) is 24.2 Å². The van der Waals surface area contributed by atoms with Gasteiger partial charge in [0.05, 0.1) is 13.2 Å². The third-order valence-electron chi connectivity index (χ3n) is 5.53. The Hall–Kier alpha value is -2.82. The quantitative estimate of drug-likeness (QED) is 0.151. The number of hydrogen-bond acceptors (Lipinski definition) is 4. The van der Waals surface area contributed by atoms with Crippen LogP contribution in [0, 0.1) is 5.92 Å². The Balaban J connectivity index is 2.54. The molecule has 0 amide bonds. The predicted octanol–water partition coefficient (Wildman–Crippen LogP) is 7.84. The van der Waals surface area contributed by atoms with Crippen LogP contribution in [-0.4, -0.2) is 24.8 Å². The largest absolute Gasteiger partial charge is 0.493 e. The molecule has 4 nitrogen and oxygen atoms in total. The maximum absolute atomic E-state index is 15.3. The molecule has 1 aliphatic heterocycles. The van der Waals surface area contributed by atoms with Gasteiger partial charge in [-0.05, 0) is 81.9 Å². The lowest BCUT2D eigenvalue weighted by Gasteiger charge is -2.33. The Labute approximate surface area is 204 Å². The Kier molecular flexibility index (Phi) is 9.72. The van der Waals surface area contributed by atoms with E-state index in [4.69, 9.17) is 14.2 Å². The van der Waals surface area contributed by atoms with Gasteiger partial charge in [-0.3, -0.25) is 0 Å². The molecule has 0 unspecified atom stereocenters. The van der Waals surface area contributed by atoms with E-state index in [1.165, 1.54) is 17.7 Å². The van der Waals surface area contributed by atoms with Gasteiger partial charge >= 0.3 is 5.97 Å². The van der Waals surface area contributed by atoms with Crippen LogP contribution in [0.25, 0.3) is 11.1 Å². The molecule has 1 heterocycles. The first-order chi connectivity index (χ1) is 16.0. The number of unbranched alkanes of at least 4 members (excludes halogenated alkanes) is 1. The van der Waals surface area contributed by atoms with E-state index in [-0.39, 0.29) is 5.92 Å². The number of carbonyl (C=O) groups excluding carboxylic acids is 1. The maximum Gasteiger partial charge on any atom is 0.330 e. The second-order valence-corrected chi connectivity index (χ2v) is 9.45. The first-order valence-electron chi connectivity index (χ1n) is 12.1. The average Bonchev–Trinajstić information content (AvgIpc) is 2.75. The Bertz CT molecular complexity index is 1010. The molecule has 0 aromatic heterocycles. The number of benzene rings is 1. The van der Waals surface area contributed by atoms with E-state index in [2.05, 4.69) is 26.8 Å². The van der Waals surface area contributed by atoms with Crippen LogP contribution in [0.4, 0.5) is 4.39 Å². The Morgan fingerprint density at radius 2 is 1.88 bits per heavy atom. The highest BCUT2D eigenvalue weighted by Crippen LogP contribution is 2.44. The zero-order valence-corrected chi connectivity index (χ0v) is 21.9. The highest BCUT2D eigenvalue weighted by atomic mass is 19.1. The van der Waals surface area contributed by atoms with E-state index in [1.54, 1.807) is 26.8 Å². The smallest absolute Gasteiger partial charge is 0.330 e. The van der Waals surface area contributed by atoms with Crippen LogP contribution in [0.1, 0.15) is 79.4 Å². The molecule has 0 saturated carbocycles. The van der Waals surface area contributed by atoms with Crippen LogP contribution in [-0.2, 0) is 9.53 Å². The highest BCUT2D eigenvalue weighted by Gasteiger charge is 2.29. The van der Waals surface area contributed by atoms with Crippen molar-refractivity contribution in [1.29, 1.82) is 0 Å². The summed E-state index contributed by atoms with van der Waals surface area (Å²) in [5.41, 5.74) is 3.45. The number of allylic oxidation sites excluding steroid dienone is 6. The van der Waals surface area contributed by atoms with Crippen molar-refractivity contribution in [3.63, 3.8) is 0 Å². The molecule has 0 bridgehead atoms. The van der Waals surface area contributed by atoms with E-state index < -0.39 is 17.4 Å². The minimum absolute atomic E-state index is 0.284. The number of halogens is 1. The van der Waals surface area contributed by atoms with Crippen LogP contribution in [0.3, 0.4) is 0 Å². The lowest BCUT2D eigenvalue weighted by Crippen LogP contribution is -2.30. The second-order valence-electron chi connectivity index (χ2n) is 9.45. The fraction of sp³-hybridized carbons (Fsp3) is 0.483. The average molecular weight is 471 g/mol. The van der Waals surface area contributed by atoms with Gasteiger partial charge < -0.3 is 14.2 Å². The second kappa shape index (κ2) is 12.0. The van der Waals surface area contributed by atoms with Crippen molar-refractivity contribution in [3.8, 4) is 11.5 Å². The molecule has 5 heteroatoms. The summed E-state index contributed by atoms with van der Waals surface area (Å²) >= 11 is 0. The SMILES string of the molecule is CCCCOc1cc2c(cc1C(C)=C(F)C=CC(C)=CC(=O)OCC)C(C(C)C)=CC(C)(C)O2. The molecular formula is C29H39FO4. The van der Waals surface area contributed by atoms with Crippen molar-refractivity contribution in [2.45, 2.75) is 73.8 Å². The number of carbonyl (C=O) groups is 1. The molecule has 34 heavy (non-hydrogen) atoms. The zero-order valence-electron chi connectivity index (χ0n) is 21.9. The highest BCUT2D eigenvalue weighted by molar-refractivity contribution is 5.84. The van der Waals surface area contributed by atoms with Crippen molar-refractivity contribution in [1.82, 2.24) is 0 Å². The van der Waals surface area contributed by atoms with Crippen LogP contribution in [0.5, 0.6) is 11.5 Å². The van der Waals surface area contributed by atoms with Crippen molar-refractivity contribution in [2.75, 3.05) is 13.2 Å². The molecule has 1 aromatic rings. The molecule has 0 aliphatic carbocycles. The first-order valence-corrected chi connectivity index (χ1v) is 12.1. The number of hydrogen-bond donors (Lipinski definition) is 0. The molecular weight excluding hydrogens is 431 g/mol. The lowest BCUT2D eigenvalue weighted by atomic mass is 9.86. The topological polar surface area (TPSA) is 44.8 Å². The van der Waals surface area contributed by atoms with Crippen LogP contribution in [0.15, 0.2) is 47.8 Å². The van der Waals surface area contributed by atoms with Gasteiger partial charge in [-0.2, -0.15) is 0 Å². The van der Waals surface area contributed by atoms with Gasteiger partial charge in [-0.25, -0.2) is 9.18 Å². The predicted molar refractivity (Wildman–Crippen MR) is 138 cm³/mol. The normalized spacial score (nSPS) is 16.1. The standard InChI is InChI=1S/C29H39FO4/c1-9-11-14-33-26-17-27-23(24(19(3)4)18-29(7,8)34-27)16-22(26)21(6)25(30)13-12-20(5)15-28(31)32-10-2/h12-13,15-19H,9-11,14H2,1-8H3. The van der Waals surface area contributed by atoms with Crippen molar-refractivity contribution in [3.05, 3.63) is 59.0 Å². The number of fused-ring (bicyclic) bond motifs is 1. The Morgan fingerprint density at radius 1 is 1.18 bits per heavy atom. The lowest BCUT2D eigenvalue weighted by molar-refractivity contribution is -0.137.